The molecule has 76 valence electrons. The van der Waals surface area contributed by atoms with E-state index in [2.05, 4.69) is 5.32 Å². The summed E-state index contributed by atoms with van der Waals surface area (Å²) in [6.45, 7) is 1.54. The molecular formula is C11H15NO2. The van der Waals surface area contributed by atoms with Crippen LogP contribution >= 0.6 is 0 Å². The highest BCUT2D eigenvalue weighted by Gasteiger charge is 2.03. The molecule has 0 aromatic heterocycles. The van der Waals surface area contributed by atoms with Crippen LogP contribution in [0.25, 0.3) is 0 Å². The van der Waals surface area contributed by atoms with Gasteiger partial charge in [0.05, 0.1) is 0 Å². The van der Waals surface area contributed by atoms with Crippen LogP contribution in [-0.4, -0.2) is 24.2 Å². The van der Waals surface area contributed by atoms with Crippen LogP contribution in [0, 0.1) is 0 Å². The molecule has 0 aliphatic rings. The number of aliphatic hydroxyl groups is 1. The van der Waals surface area contributed by atoms with Gasteiger partial charge in [-0.05, 0) is 19.5 Å². The quantitative estimate of drug-likeness (QED) is 0.553. The minimum absolute atomic E-state index is 0.0608. The van der Waals surface area contributed by atoms with E-state index in [1.807, 2.05) is 12.1 Å². The van der Waals surface area contributed by atoms with Gasteiger partial charge in [-0.2, -0.15) is 0 Å². The molecule has 1 rings (SSSR count). The highest BCUT2D eigenvalue weighted by Crippen LogP contribution is 2.06. The van der Waals surface area contributed by atoms with Crippen LogP contribution in [0.1, 0.15) is 22.8 Å². The number of carbonyl (C=O) groups excluding carboxylic acids is 1. The van der Waals surface area contributed by atoms with E-state index in [1.165, 1.54) is 6.92 Å². The van der Waals surface area contributed by atoms with Crippen molar-refractivity contribution in [1.29, 1.82) is 0 Å². The predicted molar refractivity (Wildman–Crippen MR) is 55.2 cm³/mol. The number of hydrogen-bond acceptors (Lipinski definition) is 3. The van der Waals surface area contributed by atoms with Gasteiger partial charge in [-0.3, -0.25) is 10.1 Å². The number of likely N-dealkylation sites (N-methyl/N-ethyl adjacent to an activating group) is 1. The van der Waals surface area contributed by atoms with E-state index in [0.29, 0.717) is 12.0 Å². The molecule has 3 nitrogen and oxygen atoms in total. The van der Waals surface area contributed by atoms with Crippen molar-refractivity contribution in [3.8, 4) is 0 Å². The standard InChI is InChI=1S/C11H15NO2/c1-8(13)10-5-3-9(4-6-10)7-11(14)12-2/h3-6,11-12,14H,7H2,1-2H3. The van der Waals surface area contributed by atoms with Gasteiger partial charge in [0.1, 0.15) is 6.23 Å². The number of carbonyl (C=O) groups is 1. The van der Waals surface area contributed by atoms with Gasteiger partial charge < -0.3 is 5.11 Å². The highest BCUT2D eigenvalue weighted by atomic mass is 16.3. The number of benzene rings is 1. The Morgan fingerprint density at radius 1 is 1.43 bits per heavy atom. The first-order valence-corrected chi connectivity index (χ1v) is 4.58. The van der Waals surface area contributed by atoms with Gasteiger partial charge in [-0.1, -0.05) is 24.3 Å². The fourth-order valence-electron chi connectivity index (χ4n) is 1.20. The second kappa shape index (κ2) is 4.88. The van der Waals surface area contributed by atoms with E-state index in [4.69, 9.17) is 0 Å². The maximum atomic E-state index is 11.0. The molecule has 1 aromatic rings. The average molecular weight is 193 g/mol. The third-order valence-electron chi connectivity index (χ3n) is 2.12. The van der Waals surface area contributed by atoms with Gasteiger partial charge in [0.2, 0.25) is 0 Å². The fraction of sp³-hybridized carbons (Fsp3) is 0.364. The SMILES string of the molecule is CNC(O)Cc1ccc(C(C)=O)cc1. The molecular weight excluding hydrogens is 178 g/mol. The van der Waals surface area contributed by atoms with Gasteiger partial charge in [-0.25, -0.2) is 0 Å². The number of aliphatic hydroxyl groups excluding tert-OH is 1. The highest BCUT2D eigenvalue weighted by molar-refractivity contribution is 5.93. The zero-order valence-corrected chi connectivity index (χ0v) is 8.45. The van der Waals surface area contributed by atoms with Gasteiger partial charge >= 0.3 is 0 Å². The smallest absolute Gasteiger partial charge is 0.159 e. The number of ketones is 1. The Balaban J connectivity index is 2.68. The number of rotatable bonds is 4. The molecule has 0 bridgehead atoms. The molecule has 0 aliphatic carbocycles. The monoisotopic (exact) mass is 193 g/mol. The molecule has 0 radical (unpaired) electrons. The second-order valence-corrected chi connectivity index (χ2v) is 3.26. The summed E-state index contributed by atoms with van der Waals surface area (Å²) in [6.07, 6.45) is 0.0208. The first-order chi connectivity index (χ1) is 6.63. The van der Waals surface area contributed by atoms with Crippen LogP contribution in [0.3, 0.4) is 0 Å². The van der Waals surface area contributed by atoms with E-state index in [9.17, 15) is 9.90 Å². The molecule has 0 saturated heterocycles. The summed E-state index contributed by atoms with van der Waals surface area (Å²) in [4.78, 5) is 11.0. The van der Waals surface area contributed by atoms with Gasteiger partial charge in [-0.15, -0.1) is 0 Å². The Labute approximate surface area is 83.8 Å². The lowest BCUT2D eigenvalue weighted by Crippen LogP contribution is -2.26. The van der Waals surface area contributed by atoms with Crippen LogP contribution in [0.2, 0.25) is 0 Å². The van der Waals surface area contributed by atoms with Crippen LogP contribution < -0.4 is 5.32 Å². The van der Waals surface area contributed by atoms with E-state index >= 15 is 0 Å². The summed E-state index contributed by atoms with van der Waals surface area (Å²) >= 11 is 0. The Morgan fingerprint density at radius 3 is 2.43 bits per heavy atom. The molecule has 0 heterocycles. The van der Waals surface area contributed by atoms with Gasteiger partial charge in [0, 0.05) is 12.0 Å². The molecule has 0 amide bonds. The minimum Gasteiger partial charge on any atom is -0.378 e. The van der Waals surface area contributed by atoms with E-state index < -0.39 is 6.23 Å². The zero-order chi connectivity index (χ0) is 10.6. The average Bonchev–Trinajstić information content (AvgIpc) is 2.18. The van der Waals surface area contributed by atoms with Crippen molar-refractivity contribution in [2.75, 3.05) is 7.05 Å². The van der Waals surface area contributed by atoms with Crippen molar-refractivity contribution in [3.63, 3.8) is 0 Å². The molecule has 2 N–H and O–H groups in total. The number of hydrogen-bond donors (Lipinski definition) is 2. The van der Waals surface area contributed by atoms with Crippen LogP contribution in [0.15, 0.2) is 24.3 Å². The van der Waals surface area contributed by atoms with Crippen molar-refractivity contribution < 1.29 is 9.90 Å². The van der Waals surface area contributed by atoms with Crippen molar-refractivity contribution in [3.05, 3.63) is 35.4 Å². The maximum Gasteiger partial charge on any atom is 0.159 e. The summed E-state index contributed by atoms with van der Waals surface area (Å²) in [6, 6.07) is 7.27. The molecule has 1 atom stereocenters. The first kappa shape index (κ1) is 10.9. The lowest BCUT2D eigenvalue weighted by molar-refractivity contribution is 0.101. The summed E-state index contributed by atoms with van der Waals surface area (Å²) in [5, 5.41) is 12.1. The molecule has 0 aliphatic heterocycles. The lowest BCUT2D eigenvalue weighted by atomic mass is 10.1. The lowest BCUT2D eigenvalue weighted by Gasteiger charge is -2.08. The third-order valence-corrected chi connectivity index (χ3v) is 2.12. The Kier molecular flexibility index (Phi) is 3.80. The molecule has 1 unspecified atom stereocenters. The van der Waals surface area contributed by atoms with Gasteiger partial charge in [0.25, 0.3) is 0 Å². The van der Waals surface area contributed by atoms with Crippen LogP contribution in [0.4, 0.5) is 0 Å². The van der Waals surface area contributed by atoms with Crippen molar-refractivity contribution in [1.82, 2.24) is 5.32 Å². The summed E-state index contributed by atoms with van der Waals surface area (Å²) in [7, 11) is 1.70. The molecule has 0 spiro atoms. The molecule has 0 fully saturated rings. The topological polar surface area (TPSA) is 49.3 Å². The number of nitrogens with one attached hydrogen (secondary N) is 1. The van der Waals surface area contributed by atoms with E-state index in [1.54, 1.807) is 19.2 Å². The van der Waals surface area contributed by atoms with Crippen molar-refractivity contribution in [2.24, 2.45) is 0 Å². The summed E-state index contributed by atoms with van der Waals surface area (Å²) < 4.78 is 0. The summed E-state index contributed by atoms with van der Waals surface area (Å²) in [5.41, 5.74) is 1.71. The predicted octanol–water partition coefficient (Wildman–Crippen LogP) is 0.969. The maximum absolute atomic E-state index is 11.0. The largest absolute Gasteiger partial charge is 0.378 e. The van der Waals surface area contributed by atoms with Gasteiger partial charge in [0.15, 0.2) is 5.78 Å². The van der Waals surface area contributed by atoms with Crippen LogP contribution in [-0.2, 0) is 6.42 Å². The Morgan fingerprint density at radius 2 is 2.00 bits per heavy atom. The fourth-order valence-corrected chi connectivity index (χ4v) is 1.20. The molecule has 3 heteroatoms. The molecule has 0 saturated carbocycles. The zero-order valence-electron chi connectivity index (χ0n) is 8.45. The van der Waals surface area contributed by atoms with Crippen LogP contribution in [0.5, 0.6) is 0 Å². The first-order valence-electron chi connectivity index (χ1n) is 4.58. The minimum atomic E-state index is -0.529. The Bertz CT molecular complexity index is 306. The third kappa shape index (κ3) is 2.94. The number of Topliss-reactive ketones (excluding diaryl/α,β-unsaturated/α-hetero) is 1. The second-order valence-electron chi connectivity index (χ2n) is 3.26. The van der Waals surface area contributed by atoms with Crippen molar-refractivity contribution in [2.45, 2.75) is 19.6 Å². The normalized spacial score (nSPS) is 12.5. The Hall–Kier alpha value is -1.19. The summed E-state index contributed by atoms with van der Waals surface area (Å²) in [5.74, 6) is 0.0608. The molecule has 14 heavy (non-hydrogen) atoms. The van der Waals surface area contributed by atoms with E-state index in [0.717, 1.165) is 5.56 Å². The van der Waals surface area contributed by atoms with Crippen molar-refractivity contribution >= 4 is 5.78 Å². The van der Waals surface area contributed by atoms with E-state index in [-0.39, 0.29) is 5.78 Å². The molecule has 1 aromatic carbocycles.